The number of carbonyl (C=O) groups excluding carboxylic acids is 1. The number of anilines is 1. The number of halogens is 1. The Bertz CT molecular complexity index is 1320. The Morgan fingerprint density at radius 3 is 2.69 bits per heavy atom. The van der Waals surface area contributed by atoms with Gasteiger partial charge in [0.2, 0.25) is 5.88 Å². The molecule has 0 radical (unpaired) electrons. The summed E-state index contributed by atoms with van der Waals surface area (Å²) in [6.07, 6.45) is 5.25. The predicted molar refractivity (Wildman–Crippen MR) is 138 cm³/mol. The average molecular weight is 562 g/mol. The second-order valence-electron chi connectivity index (χ2n) is 8.35. The van der Waals surface area contributed by atoms with Gasteiger partial charge >= 0.3 is 5.97 Å². The maximum atomic E-state index is 12.7. The lowest BCUT2D eigenvalue weighted by Crippen LogP contribution is -2.20. The number of benzene rings is 1. The summed E-state index contributed by atoms with van der Waals surface area (Å²) in [4.78, 5) is 35.6. The number of nitro groups is 1. The summed E-state index contributed by atoms with van der Waals surface area (Å²) in [5.74, 6) is -0.126. The van der Waals surface area contributed by atoms with Crippen molar-refractivity contribution < 1.29 is 19.2 Å². The maximum absolute atomic E-state index is 12.7. The Morgan fingerprint density at radius 1 is 1.25 bits per heavy atom. The Hall–Kier alpha value is -3.67. The first-order valence-corrected chi connectivity index (χ1v) is 12.1. The molecule has 0 fully saturated rings. The number of aromatic nitrogens is 3. The van der Waals surface area contributed by atoms with E-state index in [0.29, 0.717) is 23.7 Å². The summed E-state index contributed by atoms with van der Waals surface area (Å²) in [5, 5.41) is 18.7. The average Bonchev–Trinajstić information content (AvgIpc) is 3.19. The molecule has 2 heterocycles. The summed E-state index contributed by atoms with van der Waals surface area (Å²) in [5.41, 5.74) is 1.23. The Balaban J connectivity index is 1.61. The minimum atomic E-state index is -0.547. The molecule has 0 aliphatic rings. The van der Waals surface area contributed by atoms with E-state index in [4.69, 9.17) is 9.47 Å². The molecule has 0 aliphatic carbocycles. The number of nitro benzene ring substituents is 1. The van der Waals surface area contributed by atoms with Crippen LogP contribution >= 0.6 is 15.9 Å². The second kappa shape index (κ2) is 11.8. The maximum Gasteiger partial charge on any atom is 0.339 e. The van der Waals surface area contributed by atoms with Gasteiger partial charge in [0.15, 0.2) is 0 Å². The fourth-order valence-corrected chi connectivity index (χ4v) is 4.12. The van der Waals surface area contributed by atoms with E-state index in [-0.39, 0.29) is 28.4 Å². The lowest BCUT2D eigenvalue weighted by atomic mass is 10.1. The summed E-state index contributed by atoms with van der Waals surface area (Å²) in [6.45, 7) is 2.35. The van der Waals surface area contributed by atoms with Gasteiger partial charge < -0.3 is 19.4 Å². The van der Waals surface area contributed by atoms with E-state index in [1.807, 2.05) is 6.92 Å². The number of methoxy groups -OCH3 is 1. The van der Waals surface area contributed by atoms with Gasteiger partial charge in [-0.15, -0.1) is 0 Å². The summed E-state index contributed by atoms with van der Waals surface area (Å²) >= 11 is 3.35. The molecule has 36 heavy (non-hydrogen) atoms. The molecule has 12 heteroatoms. The first-order chi connectivity index (χ1) is 17.1. The third-order valence-electron chi connectivity index (χ3n) is 5.61. The highest BCUT2D eigenvalue weighted by molar-refractivity contribution is 9.10. The fourth-order valence-electron chi connectivity index (χ4n) is 3.76. The molecule has 3 rings (SSSR count). The van der Waals surface area contributed by atoms with Crippen molar-refractivity contribution in [3.63, 3.8) is 0 Å². The van der Waals surface area contributed by atoms with E-state index in [9.17, 15) is 19.7 Å². The van der Waals surface area contributed by atoms with E-state index < -0.39 is 10.9 Å². The van der Waals surface area contributed by atoms with Gasteiger partial charge in [0.1, 0.15) is 5.69 Å². The molecule has 0 amide bonds. The fraction of sp³-hybridized carbons (Fsp3) is 0.375. The highest BCUT2D eigenvalue weighted by Crippen LogP contribution is 2.30. The number of carbonyl (C=O) groups is 1. The van der Waals surface area contributed by atoms with Gasteiger partial charge in [-0.25, -0.2) is 9.48 Å². The van der Waals surface area contributed by atoms with Gasteiger partial charge in [0, 0.05) is 36.9 Å². The number of nitrogens with one attached hydrogen (secondary N) is 1. The van der Waals surface area contributed by atoms with Crippen LogP contribution in [0, 0.1) is 10.1 Å². The monoisotopic (exact) mass is 561 g/mol. The first kappa shape index (κ1) is 26.9. The molecule has 0 aliphatic heterocycles. The number of aryl methyl sites for hydroxylation is 2. The van der Waals surface area contributed by atoms with Crippen molar-refractivity contribution in [1.82, 2.24) is 14.3 Å². The zero-order valence-electron chi connectivity index (χ0n) is 20.5. The van der Waals surface area contributed by atoms with E-state index >= 15 is 0 Å². The smallest absolute Gasteiger partial charge is 0.339 e. The van der Waals surface area contributed by atoms with Crippen LogP contribution in [-0.2, 0) is 18.8 Å². The zero-order valence-corrected chi connectivity index (χ0v) is 22.1. The molecular weight excluding hydrogens is 534 g/mol. The van der Waals surface area contributed by atoms with Crippen molar-refractivity contribution in [2.75, 3.05) is 19.0 Å². The SMILES string of the molecule is COC(=O)c1cc(-c2cnn(C)c2OCCCCC(C)Nc2cc(Br)ccc2[N+](=O)[O-])c(=O)n(C)c1. The molecule has 1 unspecified atom stereocenters. The molecule has 0 saturated carbocycles. The van der Waals surface area contributed by atoms with Crippen LogP contribution in [-0.4, -0.2) is 45.0 Å². The van der Waals surface area contributed by atoms with Crippen molar-refractivity contribution in [1.29, 1.82) is 0 Å². The van der Waals surface area contributed by atoms with E-state index in [1.165, 1.54) is 40.9 Å². The van der Waals surface area contributed by atoms with Crippen molar-refractivity contribution in [3.8, 4) is 17.0 Å². The van der Waals surface area contributed by atoms with Crippen LogP contribution < -0.4 is 15.6 Å². The Labute approximate surface area is 216 Å². The van der Waals surface area contributed by atoms with Crippen molar-refractivity contribution >= 4 is 33.3 Å². The van der Waals surface area contributed by atoms with Gasteiger partial charge in [0.25, 0.3) is 11.2 Å². The molecule has 2 aromatic heterocycles. The van der Waals surface area contributed by atoms with Gasteiger partial charge in [-0.1, -0.05) is 15.9 Å². The van der Waals surface area contributed by atoms with Crippen LogP contribution in [0.1, 0.15) is 36.5 Å². The summed E-state index contributed by atoms with van der Waals surface area (Å²) in [6, 6.07) is 6.29. The number of rotatable bonds is 11. The summed E-state index contributed by atoms with van der Waals surface area (Å²) in [7, 11) is 4.56. The minimum absolute atomic E-state index is 0.00865. The van der Waals surface area contributed by atoms with E-state index in [2.05, 4.69) is 26.3 Å². The number of unbranched alkanes of at least 4 members (excludes halogenated alkanes) is 1. The quantitative estimate of drug-likeness (QED) is 0.159. The topological polar surface area (TPSA) is 131 Å². The third-order valence-corrected chi connectivity index (χ3v) is 6.10. The van der Waals surface area contributed by atoms with Crippen LogP contribution in [0.3, 0.4) is 0 Å². The molecular formula is C24H28BrN5O6. The molecule has 1 N–H and O–H groups in total. The first-order valence-electron chi connectivity index (χ1n) is 11.3. The molecule has 1 atom stereocenters. The molecule has 0 bridgehead atoms. The third kappa shape index (κ3) is 6.30. The number of nitrogens with zero attached hydrogens (tertiary/aromatic N) is 4. The molecule has 192 valence electrons. The van der Waals surface area contributed by atoms with Crippen LogP contribution in [0.2, 0.25) is 0 Å². The van der Waals surface area contributed by atoms with Crippen LogP contribution in [0.5, 0.6) is 5.88 Å². The zero-order chi connectivity index (χ0) is 26.4. The van der Waals surface area contributed by atoms with Crippen LogP contribution in [0.15, 0.2) is 45.9 Å². The van der Waals surface area contributed by atoms with Crippen LogP contribution in [0.4, 0.5) is 11.4 Å². The molecule has 0 spiro atoms. The van der Waals surface area contributed by atoms with Crippen molar-refractivity contribution in [3.05, 3.63) is 67.2 Å². The molecule has 0 saturated heterocycles. The lowest BCUT2D eigenvalue weighted by Gasteiger charge is -2.16. The highest BCUT2D eigenvalue weighted by atomic mass is 79.9. The van der Waals surface area contributed by atoms with Gasteiger partial charge in [-0.05, 0) is 44.4 Å². The summed E-state index contributed by atoms with van der Waals surface area (Å²) < 4.78 is 14.4. The lowest BCUT2D eigenvalue weighted by molar-refractivity contribution is -0.384. The number of ether oxygens (including phenoxy) is 2. The normalized spacial score (nSPS) is 11.7. The van der Waals surface area contributed by atoms with E-state index in [1.54, 1.807) is 26.2 Å². The number of hydrogen-bond acceptors (Lipinski definition) is 8. The largest absolute Gasteiger partial charge is 0.477 e. The molecule has 3 aromatic rings. The Morgan fingerprint density at radius 2 is 2.00 bits per heavy atom. The van der Waals surface area contributed by atoms with Gasteiger partial charge in [0.05, 0.1) is 41.5 Å². The number of pyridine rings is 1. The predicted octanol–water partition coefficient (Wildman–Crippen LogP) is 4.29. The molecule has 1 aromatic carbocycles. The van der Waals surface area contributed by atoms with E-state index in [0.717, 1.165) is 23.7 Å². The minimum Gasteiger partial charge on any atom is -0.477 e. The number of esters is 1. The van der Waals surface area contributed by atoms with Crippen molar-refractivity contribution in [2.45, 2.75) is 32.2 Å². The standard InChI is InChI=1S/C24H28BrN5O6/c1-15(27-20-12-17(25)8-9-21(20)30(33)34)7-5-6-10-36-23-19(13-26-29(23)3)18-11-16(24(32)35-4)14-28(2)22(18)31/h8-9,11-15,27H,5-7,10H2,1-4H3. The Kier molecular flexibility index (Phi) is 8.86. The highest BCUT2D eigenvalue weighted by Gasteiger charge is 2.19. The second-order valence-corrected chi connectivity index (χ2v) is 9.26. The number of hydrogen-bond donors (Lipinski definition) is 1. The molecule has 11 nitrogen and oxygen atoms in total. The van der Waals surface area contributed by atoms with Gasteiger partial charge in [-0.2, -0.15) is 5.10 Å². The van der Waals surface area contributed by atoms with Gasteiger partial charge in [-0.3, -0.25) is 14.9 Å². The van der Waals surface area contributed by atoms with Crippen molar-refractivity contribution in [2.24, 2.45) is 14.1 Å². The van der Waals surface area contributed by atoms with Crippen LogP contribution in [0.25, 0.3) is 11.1 Å².